The molecular formula is C17H20F3N7O. The molecule has 1 amide bonds. The number of nitrogens with zero attached hydrogens (tertiary/aromatic N) is 3. The number of nitrogens with one attached hydrogen (secondary N) is 3. The van der Waals surface area contributed by atoms with Crippen molar-refractivity contribution in [1.29, 1.82) is 5.41 Å². The highest BCUT2D eigenvalue weighted by Gasteiger charge is 2.29. The Labute approximate surface area is 158 Å². The van der Waals surface area contributed by atoms with Crippen molar-refractivity contribution in [2.45, 2.75) is 37.8 Å². The van der Waals surface area contributed by atoms with E-state index in [-0.39, 0.29) is 17.4 Å². The van der Waals surface area contributed by atoms with Gasteiger partial charge < -0.3 is 21.8 Å². The fourth-order valence-corrected chi connectivity index (χ4v) is 3.20. The number of rotatable bonds is 7. The average molecular weight is 395 g/mol. The van der Waals surface area contributed by atoms with E-state index in [2.05, 4.69) is 20.7 Å². The summed E-state index contributed by atoms with van der Waals surface area (Å²) < 4.78 is 39.4. The fraction of sp³-hybridized carbons (Fsp3) is 0.412. The molecule has 2 aromatic heterocycles. The smallest absolute Gasteiger partial charge is 0.254 e. The number of hydrogen-bond acceptors (Lipinski definition) is 6. The van der Waals surface area contributed by atoms with E-state index >= 15 is 0 Å². The molecule has 28 heavy (non-hydrogen) atoms. The van der Waals surface area contributed by atoms with Crippen molar-refractivity contribution in [3.63, 3.8) is 0 Å². The van der Waals surface area contributed by atoms with Crippen LogP contribution in [0.15, 0.2) is 24.5 Å². The Bertz CT molecular complexity index is 870. The average Bonchev–Trinajstić information content (AvgIpc) is 3.03. The first-order valence-corrected chi connectivity index (χ1v) is 8.70. The van der Waals surface area contributed by atoms with Crippen molar-refractivity contribution >= 4 is 23.1 Å². The van der Waals surface area contributed by atoms with Crippen LogP contribution in [0.3, 0.4) is 0 Å². The first-order valence-electron chi connectivity index (χ1n) is 8.70. The molecule has 150 valence electrons. The summed E-state index contributed by atoms with van der Waals surface area (Å²) in [6, 6.07) is 2.05. The van der Waals surface area contributed by atoms with Gasteiger partial charge in [0.15, 0.2) is 5.82 Å². The van der Waals surface area contributed by atoms with Gasteiger partial charge in [0, 0.05) is 42.3 Å². The molecule has 5 N–H and O–H groups in total. The second-order valence-electron chi connectivity index (χ2n) is 6.55. The fourth-order valence-electron chi connectivity index (χ4n) is 3.20. The maximum Gasteiger partial charge on any atom is 0.254 e. The third kappa shape index (κ3) is 4.66. The van der Waals surface area contributed by atoms with Gasteiger partial charge in [0.2, 0.25) is 5.95 Å². The summed E-state index contributed by atoms with van der Waals surface area (Å²) in [4.78, 5) is 15.2. The van der Waals surface area contributed by atoms with Gasteiger partial charge in [-0.05, 0) is 18.9 Å². The first kappa shape index (κ1) is 19.8. The van der Waals surface area contributed by atoms with Gasteiger partial charge in [-0.15, -0.1) is 0 Å². The molecule has 2 atom stereocenters. The Morgan fingerprint density at radius 3 is 2.86 bits per heavy atom. The minimum absolute atomic E-state index is 0.1000. The number of carbonyl (C=O) groups is 1. The Morgan fingerprint density at radius 1 is 1.43 bits per heavy atom. The van der Waals surface area contributed by atoms with Gasteiger partial charge >= 0.3 is 0 Å². The van der Waals surface area contributed by atoms with Crippen LogP contribution in [0.25, 0.3) is 0 Å². The zero-order chi connectivity index (χ0) is 20.3. The molecule has 3 rings (SSSR count). The summed E-state index contributed by atoms with van der Waals surface area (Å²) in [5, 5.41) is 18.1. The molecule has 0 radical (unpaired) electrons. The number of halogens is 3. The number of nitrogens with two attached hydrogens (primary N) is 1. The van der Waals surface area contributed by atoms with E-state index in [0.717, 1.165) is 6.07 Å². The van der Waals surface area contributed by atoms with E-state index in [9.17, 15) is 18.0 Å². The van der Waals surface area contributed by atoms with Crippen LogP contribution in [-0.2, 0) is 0 Å². The van der Waals surface area contributed by atoms with Gasteiger partial charge in [-0.2, -0.15) is 9.49 Å². The van der Waals surface area contributed by atoms with Gasteiger partial charge in [-0.3, -0.25) is 9.48 Å². The van der Waals surface area contributed by atoms with Gasteiger partial charge in [-0.1, -0.05) is 0 Å². The first-order chi connectivity index (χ1) is 13.3. The van der Waals surface area contributed by atoms with Crippen LogP contribution >= 0.6 is 0 Å². The maximum absolute atomic E-state index is 13.3. The highest BCUT2D eigenvalue weighted by molar-refractivity contribution is 5.98. The van der Waals surface area contributed by atoms with E-state index in [1.807, 2.05) is 0 Å². The lowest BCUT2D eigenvalue weighted by molar-refractivity contribution is 0.100. The molecule has 8 nitrogen and oxygen atoms in total. The molecule has 2 heterocycles. The summed E-state index contributed by atoms with van der Waals surface area (Å²) in [5.41, 5.74) is 6.17. The molecule has 0 aromatic carbocycles. The lowest BCUT2D eigenvalue weighted by atomic mass is 9.89. The number of aromatic nitrogens is 3. The Balaban J connectivity index is 1.76. The standard InChI is InChI=1S/C17H20F3N7O/c18-14(19)7-24-9-1-2-13(12(21)5-9)27-8-11(16(22)28)17(26-27)25-10-3-4-23-15(20)6-10/h3-4,6,8-9,13-14,21,24H,1-2,5,7H2,(H2,22,28)(H,23,25,26)/t9-,13+/m1/s1. The molecule has 11 heteroatoms. The third-order valence-electron chi connectivity index (χ3n) is 4.52. The summed E-state index contributed by atoms with van der Waals surface area (Å²) in [6.45, 7) is -0.410. The van der Waals surface area contributed by atoms with Gasteiger partial charge in [0.1, 0.15) is 5.56 Å². The van der Waals surface area contributed by atoms with Gasteiger partial charge in [0.25, 0.3) is 12.3 Å². The van der Waals surface area contributed by atoms with Crippen molar-refractivity contribution in [3.05, 3.63) is 36.0 Å². The summed E-state index contributed by atoms with van der Waals surface area (Å²) in [5.74, 6) is -1.27. The Kier molecular flexibility index (Phi) is 5.93. The molecule has 0 spiro atoms. The van der Waals surface area contributed by atoms with Crippen molar-refractivity contribution < 1.29 is 18.0 Å². The SMILES string of the molecule is N=C1C[C@H](NCC(F)F)CC[C@@H]1n1cc(C(N)=O)c(Nc2ccnc(F)c2)n1. The highest BCUT2D eigenvalue weighted by Crippen LogP contribution is 2.28. The third-order valence-corrected chi connectivity index (χ3v) is 4.52. The normalized spacial score (nSPS) is 19.8. The number of alkyl halides is 2. The number of carbonyl (C=O) groups excluding carboxylic acids is 1. The summed E-state index contributed by atoms with van der Waals surface area (Å²) in [7, 11) is 0. The van der Waals surface area contributed by atoms with Crippen molar-refractivity contribution in [1.82, 2.24) is 20.1 Å². The van der Waals surface area contributed by atoms with E-state index < -0.39 is 30.9 Å². The molecule has 1 aliphatic rings. The van der Waals surface area contributed by atoms with Gasteiger partial charge in [-0.25, -0.2) is 13.8 Å². The van der Waals surface area contributed by atoms with Crippen LogP contribution in [0.5, 0.6) is 0 Å². The number of primary amides is 1. The quantitative estimate of drug-likeness (QED) is 0.536. The van der Waals surface area contributed by atoms with E-state index in [1.165, 1.54) is 23.1 Å². The van der Waals surface area contributed by atoms with Crippen LogP contribution in [0.2, 0.25) is 0 Å². The number of amides is 1. The Hall–Kier alpha value is -2.95. The summed E-state index contributed by atoms with van der Waals surface area (Å²) >= 11 is 0. The van der Waals surface area contributed by atoms with Crippen molar-refractivity contribution in [2.24, 2.45) is 5.73 Å². The van der Waals surface area contributed by atoms with E-state index in [0.29, 0.717) is 30.7 Å². The second kappa shape index (κ2) is 8.38. The minimum Gasteiger partial charge on any atom is -0.365 e. The van der Waals surface area contributed by atoms with Crippen molar-refractivity contribution in [2.75, 3.05) is 11.9 Å². The second-order valence-corrected chi connectivity index (χ2v) is 6.55. The van der Waals surface area contributed by atoms with Crippen LogP contribution in [0.1, 0.15) is 35.7 Å². The molecule has 1 saturated carbocycles. The van der Waals surface area contributed by atoms with Crippen LogP contribution in [0.4, 0.5) is 24.7 Å². The lowest BCUT2D eigenvalue weighted by Gasteiger charge is -2.30. The van der Waals surface area contributed by atoms with E-state index in [1.54, 1.807) is 0 Å². The molecule has 0 unspecified atom stereocenters. The predicted molar refractivity (Wildman–Crippen MR) is 96.6 cm³/mol. The Morgan fingerprint density at radius 2 is 2.21 bits per heavy atom. The lowest BCUT2D eigenvalue weighted by Crippen LogP contribution is -2.40. The molecule has 0 saturated heterocycles. The molecule has 0 aliphatic heterocycles. The largest absolute Gasteiger partial charge is 0.365 e. The topological polar surface area (TPSA) is 122 Å². The van der Waals surface area contributed by atoms with Gasteiger partial charge in [0.05, 0.1) is 12.6 Å². The number of pyridine rings is 1. The molecular weight excluding hydrogens is 375 g/mol. The summed E-state index contributed by atoms with van der Waals surface area (Å²) in [6.07, 6.45) is 1.66. The molecule has 1 aliphatic carbocycles. The predicted octanol–water partition coefficient (Wildman–Crippen LogP) is 2.23. The zero-order valence-corrected chi connectivity index (χ0v) is 14.8. The molecule has 2 aromatic rings. The van der Waals surface area contributed by atoms with E-state index in [4.69, 9.17) is 11.1 Å². The van der Waals surface area contributed by atoms with Crippen LogP contribution in [0, 0.1) is 11.4 Å². The molecule has 1 fully saturated rings. The zero-order valence-electron chi connectivity index (χ0n) is 14.8. The number of anilines is 2. The highest BCUT2D eigenvalue weighted by atomic mass is 19.3. The molecule has 0 bridgehead atoms. The monoisotopic (exact) mass is 395 g/mol. The van der Waals surface area contributed by atoms with Crippen LogP contribution < -0.4 is 16.4 Å². The number of hydrogen-bond donors (Lipinski definition) is 4. The maximum atomic E-state index is 13.3. The minimum atomic E-state index is -2.44. The van der Waals surface area contributed by atoms with Crippen molar-refractivity contribution in [3.8, 4) is 0 Å². The van der Waals surface area contributed by atoms with Crippen LogP contribution in [-0.4, -0.2) is 45.4 Å².